The number of carboxylic acids is 1. The van der Waals surface area contributed by atoms with Crippen LogP contribution in [-0.2, 0) is 16.6 Å². The standard InChI is InChI=1S/C11H10N2O5S2/c14-10-2-1-8(3-9(10)11(15)16)20(17,18)13-5-7-4-12-6-19-7/h1-4,6,13-14H,5H2,(H,15,16). The van der Waals surface area contributed by atoms with Crippen molar-refractivity contribution in [2.24, 2.45) is 0 Å². The Bertz CT molecular complexity index is 725. The van der Waals surface area contributed by atoms with Crippen LogP contribution in [-0.4, -0.2) is 29.6 Å². The molecule has 0 radical (unpaired) electrons. The molecule has 20 heavy (non-hydrogen) atoms. The molecule has 2 rings (SSSR count). The summed E-state index contributed by atoms with van der Waals surface area (Å²) < 4.78 is 26.4. The topological polar surface area (TPSA) is 117 Å². The second-order valence-electron chi connectivity index (χ2n) is 3.78. The molecule has 0 unspecified atom stereocenters. The number of aromatic nitrogens is 1. The lowest BCUT2D eigenvalue weighted by atomic mass is 10.2. The third-order valence-corrected chi connectivity index (χ3v) is 4.61. The van der Waals surface area contributed by atoms with Crippen LogP contribution < -0.4 is 4.72 Å². The second-order valence-corrected chi connectivity index (χ2v) is 6.51. The van der Waals surface area contributed by atoms with Gasteiger partial charge in [0.05, 0.1) is 10.4 Å². The summed E-state index contributed by atoms with van der Waals surface area (Å²) in [6, 6.07) is 3.08. The van der Waals surface area contributed by atoms with E-state index in [4.69, 9.17) is 5.11 Å². The first-order chi connectivity index (χ1) is 9.40. The lowest BCUT2D eigenvalue weighted by Crippen LogP contribution is -2.23. The number of nitrogens with zero attached hydrogens (tertiary/aromatic N) is 1. The summed E-state index contributed by atoms with van der Waals surface area (Å²) in [7, 11) is -3.85. The van der Waals surface area contributed by atoms with E-state index in [1.807, 2.05) is 0 Å². The van der Waals surface area contributed by atoms with Crippen LogP contribution in [0.15, 0.2) is 34.8 Å². The van der Waals surface area contributed by atoms with Crippen molar-refractivity contribution in [2.75, 3.05) is 0 Å². The monoisotopic (exact) mass is 314 g/mol. The van der Waals surface area contributed by atoms with Crippen molar-refractivity contribution in [1.82, 2.24) is 9.71 Å². The Morgan fingerprint density at radius 1 is 1.40 bits per heavy atom. The van der Waals surface area contributed by atoms with Crippen LogP contribution in [0, 0.1) is 0 Å². The molecule has 0 aliphatic heterocycles. The van der Waals surface area contributed by atoms with E-state index < -0.39 is 27.3 Å². The number of carboxylic acid groups (broad SMARTS) is 1. The number of carbonyl (C=O) groups is 1. The van der Waals surface area contributed by atoms with Crippen molar-refractivity contribution in [3.05, 3.63) is 40.3 Å². The Hall–Kier alpha value is -1.97. The van der Waals surface area contributed by atoms with Crippen LogP contribution >= 0.6 is 11.3 Å². The van der Waals surface area contributed by atoms with Gasteiger partial charge < -0.3 is 10.2 Å². The predicted octanol–water partition coefficient (Wildman–Crippen LogP) is 1.03. The van der Waals surface area contributed by atoms with Crippen LogP contribution in [0.25, 0.3) is 0 Å². The number of sulfonamides is 1. The van der Waals surface area contributed by atoms with Crippen LogP contribution in [0.4, 0.5) is 0 Å². The van der Waals surface area contributed by atoms with E-state index in [-0.39, 0.29) is 11.4 Å². The average molecular weight is 314 g/mol. The molecule has 0 bridgehead atoms. The van der Waals surface area contributed by atoms with Crippen LogP contribution in [0.1, 0.15) is 15.2 Å². The minimum absolute atomic E-state index is 0.0658. The van der Waals surface area contributed by atoms with Crippen molar-refractivity contribution in [2.45, 2.75) is 11.4 Å². The molecule has 3 N–H and O–H groups in total. The first kappa shape index (κ1) is 14.4. The van der Waals surface area contributed by atoms with Gasteiger partial charge in [-0.2, -0.15) is 0 Å². The number of hydrogen-bond acceptors (Lipinski definition) is 6. The Labute approximate surface area is 118 Å². The minimum atomic E-state index is -3.85. The fourth-order valence-electron chi connectivity index (χ4n) is 1.43. The molecule has 0 saturated carbocycles. The Balaban J connectivity index is 2.25. The van der Waals surface area contributed by atoms with E-state index in [1.54, 1.807) is 5.51 Å². The van der Waals surface area contributed by atoms with Crippen molar-refractivity contribution >= 4 is 27.3 Å². The van der Waals surface area contributed by atoms with Crippen LogP contribution in [0.2, 0.25) is 0 Å². The molecule has 0 atom stereocenters. The number of thiazole rings is 1. The molecule has 1 heterocycles. The molecule has 9 heteroatoms. The van der Waals surface area contributed by atoms with Gasteiger partial charge in [-0.3, -0.25) is 4.98 Å². The SMILES string of the molecule is O=C(O)c1cc(S(=O)(=O)NCc2cncs2)ccc1O. The molecule has 0 aliphatic carbocycles. The maximum Gasteiger partial charge on any atom is 0.339 e. The number of nitrogens with one attached hydrogen (secondary N) is 1. The van der Waals surface area contributed by atoms with Crippen molar-refractivity contribution < 1.29 is 23.4 Å². The smallest absolute Gasteiger partial charge is 0.339 e. The lowest BCUT2D eigenvalue weighted by molar-refractivity contribution is 0.0693. The molecule has 0 fully saturated rings. The molecular weight excluding hydrogens is 304 g/mol. The predicted molar refractivity (Wildman–Crippen MR) is 71.2 cm³/mol. The second kappa shape index (κ2) is 5.57. The Morgan fingerprint density at radius 2 is 2.15 bits per heavy atom. The molecule has 106 valence electrons. The Kier molecular flexibility index (Phi) is 4.02. The average Bonchev–Trinajstić information content (AvgIpc) is 2.89. The lowest BCUT2D eigenvalue weighted by Gasteiger charge is -2.07. The number of phenols is 1. The summed E-state index contributed by atoms with van der Waals surface area (Å²) in [5.41, 5.74) is 1.11. The van der Waals surface area contributed by atoms with Crippen molar-refractivity contribution in [1.29, 1.82) is 0 Å². The first-order valence-electron chi connectivity index (χ1n) is 5.33. The van der Waals surface area contributed by atoms with Gasteiger partial charge in [-0.05, 0) is 18.2 Å². The maximum atomic E-state index is 12.0. The van der Waals surface area contributed by atoms with Gasteiger partial charge in [0.2, 0.25) is 10.0 Å². The summed E-state index contributed by atoms with van der Waals surface area (Å²) in [5.74, 6) is -1.89. The molecule has 1 aromatic carbocycles. The van der Waals surface area contributed by atoms with E-state index in [9.17, 15) is 18.3 Å². The minimum Gasteiger partial charge on any atom is -0.507 e. The largest absolute Gasteiger partial charge is 0.507 e. The molecule has 2 aromatic rings. The quantitative estimate of drug-likeness (QED) is 0.759. The zero-order valence-electron chi connectivity index (χ0n) is 9.98. The summed E-state index contributed by atoms with van der Waals surface area (Å²) in [6.45, 7) is 0.0658. The van der Waals surface area contributed by atoms with E-state index in [2.05, 4.69) is 9.71 Å². The van der Waals surface area contributed by atoms with Gasteiger partial charge in [0.25, 0.3) is 0 Å². The summed E-state index contributed by atoms with van der Waals surface area (Å²) in [6.07, 6.45) is 1.53. The zero-order valence-corrected chi connectivity index (χ0v) is 11.6. The Morgan fingerprint density at radius 3 is 2.75 bits per heavy atom. The normalized spacial score (nSPS) is 11.4. The van der Waals surface area contributed by atoms with Gasteiger partial charge in [-0.1, -0.05) is 0 Å². The number of benzene rings is 1. The fourth-order valence-corrected chi connectivity index (χ4v) is 3.09. The van der Waals surface area contributed by atoms with Gasteiger partial charge in [-0.15, -0.1) is 11.3 Å². The molecule has 0 saturated heterocycles. The van der Waals surface area contributed by atoms with E-state index in [1.165, 1.54) is 17.5 Å². The number of aromatic hydroxyl groups is 1. The zero-order chi connectivity index (χ0) is 14.8. The van der Waals surface area contributed by atoms with Gasteiger partial charge in [-0.25, -0.2) is 17.9 Å². The van der Waals surface area contributed by atoms with Gasteiger partial charge >= 0.3 is 5.97 Å². The third-order valence-electron chi connectivity index (χ3n) is 2.43. The number of rotatable bonds is 5. The fraction of sp³-hybridized carbons (Fsp3) is 0.0909. The first-order valence-corrected chi connectivity index (χ1v) is 7.70. The van der Waals surface area contributed by atoms with Crippen molar-refractivity contribution in [3.63, 3.8) is 0 Å². The highest BCUT2D eigenvalue weighted by Gasteiger charge is 2.18. The van der Waals surface area contributed by atoms with E-state index >= 15 is 0 Å². The third kappa shape index (κ3) is 3.13. The summed E-state index contributed by atoms with van der Waals surface area (Å²) >= 11 is 1.30. The van der Waals surface area contributed by atoms with E-state index in [0.717, 1.165) is 23.1 Å². The summed E-state index contributed by atoms with van der Waals surface area (Å²) in [5, 5.41) is 18.2. The summed E-state index contributed by atoms with van der Waals surface area (Å²) in [4.78, 5) is 15.2. The molecule has 1 aromatic heterocycles. The molecule has 0 aliphatic rings. The van der Waals surface area contributed by atoms with Crippen molar-refractivity contribution in [3.8, 4) is 5.75 Å². The highest BCUT2D eigenvalue weighted by molar-refractivity contribution is 7.89. The molecule has 7 nitrogen and oxygen atoms in total. The van der Waals surface area contributed by atoms with Gasteiger partial charge in [0.1, 0.15) is 11.3 Å². The van der Waals surface area contributed by atoms with Crippen LogP contribution in [0.3, 0.4) is 0 Å². The number of hydrogen-bond donors (Lipinski definition) is 3. The number of aromatic carboxylic acids is 1. The maximum absolute atomic E-state index is 12.0. The molecule has 0 amide bonds. The molecular formula is C11H10N2O5S2. The highest BCUT2D eigenvalue weighted by atomic mass is 32.2. The highest BCUT2D eigenvalue weighted by Crippen LogP contribution is 2.21. The van der Waals surface area contributed by atoms with Crippen LogP contribution in [0.5, 0.6) is 5.75 Å². The van der Waals surface area contributed by atoms with Gasteiger partial charge in [0.15, 0.2) is 0 Å². The van der Waals surface area contributed by atoms with E-state index in [0.29, 0.717) is 0 Å². The van der Waals surface area contributed by atoms with Gasteiger partial charge in [0, 0.05) is 17.6 Å². The molecule has 0 spiro atoms.